The highest BCUT2D eigenvalue weighted by Crippen LogP contribution is 2.29. The van der Waals surface area contributed by atoms with E-state index in [-0.39, 0.29) is 21.5 Å². The summed E-state index contributed by atoms with van der Waals surface area (Å²) in [5, 5.41) is 8.51. The van der Waals surface area contributed by atoms with E-state index in [1.165, 1.54) is 43.5 Å². The second-order valence-corrected chi connectivity index (χ2v) is 7.28. The summed E-state index contributed by atoms with van der Waals surface area (Å²) in [6, 6.07) is 6.15. The number of hydrogen-bond acceptors (Lipinski definition) is 5. The van der Waals surface area contributed by atoms with Crippen LogP contribution in [0.2, 0.25) is 5.02 Å². The summed E-state index contributed by atoms with van der Waals surface area (Å²) in [4.78, 5) is 11.2. The number of alkyl halides is 2. The van der Waals surface area contributed by atoms with Gasteiger partial charge in [0, 0.05) is 0 Å². The number of pyridine rings is 1. The van der Waals surface area contributed by atoms with Crippen LogP contribution in [0.3, 0.4) is 0 Å². The molecule has 0 aliphatic carbocycles. The number of aryl methyl sites for hydroxylation is 1. The maximum absolute atomic E-state index is 13.6. The molecule has 0 amide bonds. The summed E-state index contributed by atoms with van der Waals surface area (Å²) in [5.41, 5.74) is 0.752. The standard InChI is InChI=1S/C17H15ClF3N5O2S/c1-8-12(28-17(20)21)4-5-13(24-8)25-15(9-2-3-11(19)10(18)6-9)16-23-7-14(26-16)29(22)27/h2-7,15,17H,22H2,1H3,(H,23,26)(H,24,25). The molecule has 0 radical (unpaired) electrons. The smallest absolute Gasteiger partial charge is 0.387 e. The van der Waals surface area contributed by atoms with Crippen molar-refractivity contribution in [2.45, 2.75) is 24.6 Å². The molecule has 0 aliphatic heterocycles. The van der Waals surface area contributed by atoms with Crippen LogP contribution in [0.15, 0.2) is 41.6 Å². The van der Waals surface area contributed by atoms with Crippen molar-refractivity contribution in [3.8, 4) is 5.75 Å². The molecule has 3 aromatic rings. The fourth-order valence-electron chi connectivity index (χ4n) is 2.57. The van der Waals surface area contributed by atoms with Crippen molar-refractivity contribution in [2.75, 3.05) is 5.32 Å². The largest absolute Gasteiger partial charge is 0.433 e. The van der Waals surface area contributed by atoms with Crippen LogP contribution in [0.25, 0.3) is 0 Å². The molecule has 2 unspecified atom stereocenters. The number of aromatic nitrogens is 3. The van der Waals surface area contributed by atoms with Gasteiger partial charge in [-0.1, -0.05) is 17.7 Å². The lowest BCUT2D eigenvalue weighted by molar-refractivity contribution is -0.0505. The molecule has 2 heterocycles. The fourth-order valence-corrected chi connectivity index (χ4v) is 3.12. The van der Waals surface area contributed by atoms with Gasteiger partial charge < -0.3 is 15.0 Å². The zero-order chi connectivity index (χ0) is 21.1. The number of hydrogen-bond donors (Lipinski definition) is 3. The molecule has 0 saturated heterocycles. The molecule has 0 aliphatic rings. The molecule has 0 bridgehead atoms. The van der Waals surface area contributed by atoms with Gasteiger partial charge in [-0.2, -0.15) is 8.78 Å². The second kappa shape index (κ2) is 8.80. The monoisotopic (exact) mass is 445 g/mol. The lowest BCUT2D eigenvalue weighted by atomic mass is 10.1. The van der Waals surface area contributed by atoms with Crippen molar-refractivity contribution >= 4 is 28.4 Å². The van der Waals surface area contributed by atoms with Gasteiger partial charge in [-0.3, -0.25) is 0 Å². The minimum Gasteiger partial charge on any atom is -0.433 e. The molecule has 2 aromatic heterocycles. The van der Waals surface area contributed by atoms with Crippen LogP contribution < -0.4 is 15.2 Å². The Kier molecular flexibility index (Phi) is 6.40. The number of rotatable bonds is 7. The van der Waals surface area contributed by atoms with Crippen molar-refractivity contribution in [1.29, 1.82) is 0 Å². The minimum atomic E-state index is -2.97. The molecule has 2 atom stereocenters. The quantitative estimate of drug-likeness (QED) is 0.514. The molecule has 12 heteroatoms. The summed E-state index contributed by atoms with van der Waals surface area (Å²) < 4.78 is 54.3. The van der Waals surface area contributed by atoms with E-state index >= 15 is 0 Å². The number of aromatic amines is 1. The second-order valence-electron chi connectivity index (χ2n) is 5.84. The topological polar surface area (TPSA) is 106 Å². The number of nitrogens with zero attached hydrogens (tertiary/aromatic N) is 2. The molecule has 7 nitrogen and oxygen atoms in total. The van der Waals surface area contributed by atoms with Crippen molar-refractivity contribution in [3.63, 3.8) is 0 Å². The average Bonchev–Trinajstić information content (AvgIpc) is 3.14. The van der Waals surface area contributed by atoms with E-state index in [0.717, 1.165) is 0 Å². The first-order valence-electron chi connectivity index (χ1n) is 8.09. The maximum Gasteiger partial charge on any atom is 0.387 e. The number of halogens is 4. The number of anilines is 1. The van der Waals surface area contributed by atoms with E-state index in [2.05, 4.69) is 25.0 Å². The number of imidazole rings is 1. The first-order chi connectivity index (χ1) is 13.7. The van der Waals surface area contributed by atoms with Crippen LogP contribution in [-0.4, -0.2) is 25.8 Å². The van der Waals surface area contributed by atoms with E-state index in [1.807, 2.05) is 0 Å². The predicted octanol–water partition coefficient (Wildman–Crippen LogP) is 3.69. The van der Waals surface area contributed by atoms with Crippen LogP contribution in [0.5, 0.6) is 5.75 Å². The molecule has 3 rings (SSSR count). The normalized spacial score (nSPS) is 13.3. The number of H-pyrrole nitrogens is 1. The molecule has 154 valence electrons. The molecule has 4 N–H and O–H groups in total. The maximum atomic E-state index is 13.6. The van der Waals surface area contributed by atoms with Gasteiger partial charge in [0.25, 0.3) is 0 Å². The third-order valence-electron chi connectivity index (χ3n) is 3.88. The van der Waals surface area contributed by atoms with Crippen LogP contribution in [0, 0.1) is 12.7 Å². The first-order valence-corrected chi connectivity index (χ1v) is 9.68. The number of nitrogens with two attached hydrogens (primary N) is 1. The summed E-state index contributed by atoms with van der Waals surface area (Å²) in [5.74, 6) is -0.0409. The van der Waals surface area contributed by atoms with E-state index in [9.17, 15) is 17.4 Å². The molecule has 29 heavy (non-hydrogen) atoms. The predicted molar refractivity (Wildman–Crippen MR) is 102 cm³/mol. The third kappa shape index (κ3) is 5.05. The van der Waals surface area contributed by atoms with Gasteiger partial charge in [0.15, 0.2) is 0 Å². The van der Waals surface area contributed by atoms with Crippen LogP contribution in [0.4, 0.5) is 19.0 Å². The first kappa shape index (κ1) is 21.1. The highest BCUT2D eigenvalue weighted by atomic mass is 35.5. The van der Waals surface area contributed by atoms with Gasteiger partial charge in [0.05, 0.1) is 16.9 Å². The summed E-state index contributed by atoms with van der Waals surface area (Å²) in [6.45, 7) is -1.46. The van der Waals surface area contributed by atoms with Crippen molar-refractivity contribution in [2.24, 2.45) is 5.14 Å². The summed E-state index contributed by atoms with van der Waals surface area (Å²) in [7, 11) is -1.78. The minimum absolute atomic E-state index is 0.0641. The van der Waals surface area contributed by atoms with Crippen molar-refractivity contribution in [1.82, 2.24) is 15.0 Å². The van der Waals surface area contributed by atoms with Crippen LogP contribution >= 0.6 is 11.6 Å². The molecular weight excluding hydrogens is 431 g/mol. The summed E-state index contributed by atoms with van der Waals surface area (Å²) >= 11 is 5.89. The van der Waals surface area contributed by atoms with Crippen molar-refractivity contribution < 1.29 is 22.1 Å². The van der Waals surface area contributed by atoms with Gasteiger partial charge >= 0.3 is 6.61 Å². The Balaban J connectivity index is 1.97. The summed E-state index contributed by atoms with van der Waals surface area (Å²) in [6.07, 6.45) is 1.31. The Morgan fingerprint density at radius 2 is 2.07 bits per heavy atom. The Labute approximate surface area is 171 Å². The van der Waals surface area contributed by atoms with Gasteiger partial charge in [0.2, 0.25) is 0 Å². The van der Waals surface area contributed by atoms with E-state index < -0.39 is 29.5 Å². The van der Waals surface area contributed by atoms with E-state index in [1.54, 1.807) is 0 Å². The number of ether oxygens (including phenoxy) is 1. The molecule has 0 saturated carbocycles. The van der Waals surface area contributed by atoms with Crippen LogP contribution in [0.1, 0.15) is 23.1 Å². The highest BCUT2D eigenvalue weighted by molar-refractivity contribution is 7.82. The van der Waals surface area contributed by atoms with Crippen LogP contribution in [-0.2, 0) is 11.0 Å². The van der Waals surface area contributed by atoms with Gasteiger partial charge in [-0.05, 0) is 36.8 Å². The van der Waals surface area contributed by atoms with Gasteiger partial charge in [-0.25, -0.2) is 23.7 Å². The van der Waals surface area contributed by atoms with Crippen molar-refractivity contribution in [3.05, 3.63) is 64.5 Å². The Hall–Kier alpha value is -2.63. The Morgan fingerprint density at radius 1 is 1.31 bits per heavy atom. The number of benzene rings is 1. The average molecular weight is 446 g/mol. The Bertz CT molecular complexity index is 1050. The zero-order valence-electron chi connectivity index (χ0n) is 14.8. The molecule has 1 aromatic carbocycles. The zero-order valence-corrected chi connectivity index (χ0v) is 16.4. The van der Waals surface area contributed by atoms with E-state index in [4.69, 9.17) is 16.7 Å². The molecule has 0 fully saturated rings. The van der Waals surface area contributed by atoms with Gasteiger partial charge in [0.1, 0.15) is 45.3 Å². The molecule has 0 spiro atoms. The third-order valence-corrected chi connectivity index (χ3v) is 4.82. The fraction of sp³-hybridized carbons (Fsp3) is 0.176. The van der Waals surface area contributed by atoms with Gasteiger partial charge in [-0.15, -0.1) is 0 Å². The SMILES string of the molecule is Cc1nc(NC(c2ccc(F)c(Cl)c2)c2ncc(S(N)=O)[nH]2)ccc1OC(F)F. The highest BCUT2D eigenvalue weighted by Gasteiger charge is 2.21. The molecular formula is C17H15ClF3N5O2S. The number of nitrogens with one attached hydrogen (secondary N) is 2. The Morgan fingerprint density at radius 3 is 2.66 bits per heavy atom. The van der Waals surface area contributed by atoms with E-state index in [0.29, 0.717) is 17.2 Å². The lowest BCUT2D eigenvalue weighted by Crippen LogP contribution is -2.16. The lowest BCUT2D eigenvalue weighted by Gasteiger charge is -2.19.